The van der Waals surface area contributed by atoms with Gasteiger partial charge in [-0.2, -0.15) is 0 Å². The molecular weight excluding hydrogens is 376 g/mol. The maximum absolute atomic E-state index is 12.6. The minimum atomic E-state index is -3.69. The van der Waals surface area contributed by atoms with Crippen molar-refractivity contribution in [3.05, 3.63) is 35.1 Å². The fourth-order valence-electron chi connectivity index (χ4n) is 3.13. The highest BCUT2D eigenvalue weighted by Crippen LogP contribution is 2.25. The Morgan fingerprint density at radius 3 is 2.54 bits per heavy atom. The predicted octanol–water partition coefficient (Wildman–Crippen LogP) is 3.31. The van der Waals surface area contributed by atoms with Gasteiger partial charge in [-0.05, 0) is 63.8 Å². The molecule has 0 amide bonds. The van der Waals surface area contributed by atoms with E-state index in [4.69, 9.17) is 16.3 Å². The Morgan fingerprint density at radius 1 is 1.27 bits per heavy atom. The standard InChI is InChI=1S/C17H23ClN4O3S/c1-3-22-16(19-20-17(22)25-14-6-4-5-7-14)12(2)21-26(23,24)15-10-8-13(18)9-11-15/h8-12,14,21H,3-7H2,1-2H3/t12-/m1/s1. The highest BCUT2D eigenvalue weighted by molar-refractivity contribution is 7.89. The van der Waals surface area contributed by atoms with Gasteiger partial charge < -0.3 is 4.74 Å². The van der Waals surface area contributed by atoms with Gasteiger partial charge >= 0.3 is 6.01 Å². The van der Waals surface area contributed by atoms with Crippen molar-refractivity contribution >= 4 is 21.6 Å². The summed E-state index contributed by atoms with van der Waals surface area (Å²) in [5, 5.41) is 8.77. The van der Waals surface area contributed by atoms with Crippen molar-refractivity contribution in [2.24, 2.45) is 0 Å². The van der Waals surface area contributed by atoms with E-state index >= 15 is 0 Å². The molecule has 1 aliphatic rings. The van der Waals surface area contributed by atoms with E-state index in [0.717, 1.165) is 25.7 Å². The van der Waals surface area contributed by atoms with Crippen LogP contribution < -0.4 is 9.46 Å². The Bertz CT molecular complexity index is 845. The second-order valence-corrected chi connectivity index (χ2v) is 8.56. The number of nitrogens with zero attached hydrogens (tertiary/aromatic N) is 3. The third-order valence-corrected chi connectivity index (χ3v) is 6.29. The Balaban J connectivity index is 1.77. The molecule has 7 nitrogen and oxygen atoms in total. The molecule has 1 N–H and O–H groups in total. The van der Waals surface area contributed by atoms with Crippen molar-refractivity contribution in [1.82, 2.24) is 19.5 Å². The maximum Gasteiger partial charge on any atom is 0.317 e. The first kappa shape index (κ1) is 19.1. The normalized spacial score (nSPS) is 16.7. The van der Waals surface area contributed by atoms with Crippen LogP contribution in [0, 0.1) is 0 Å². The molecule has 2 aromatic rings. The van der Waals surface area contributed by atoms with E-state index in [-0.39, 0.29) is 11.0 Å². The van der Waals surface area contributed by atoms with Crippen LogP contribution >= 0.6 is 11.6 Å². The second kappa shape index (κ2) is 7.94. The number of hydrogen-bond acceptors (Lipinski definition) is 5. The van der Waals surface area contributed by atoms with Gasteiger partial charge in [0.2, 0.25) is 10.0 Å². The number of nitrogens with one attached hydrogen (secondary N) is 1. The average molecular weight is 399 g/mol. The number of sulfonamides is 1. The lowest BCUT2D eigenvalue weighted by molar-refractivity contribution is 0.182. The summed E-state index contributed by atoms with van der Waals surface area (Å²) in [4.78, 5) is 0.152. The Morgan fingerprint density at radius 2 is 1.92 bits per heavy atom. The molecule has 1 atom stereocenters. The van der Waals surface area contributed by atoms with E-state index in [1.165, 1.54) is 12.1 Å². The van der Waals surface area contributed by atoms with Crippen LogP contribution in [0.25, 0.3) is 0 Å². The first-order valence-corrected chi connectivity index (χ1v) is 10.6. The molecule has 0 unspecified atom stereocenters. The summed E-state index contributed by atoms with van der Waals surface area (Å²) >= 11 is 5.82. The maximum atomic E-state index is 12.6. The summed E-state index contributed by atoms with van der Waals surface area (Å²) in [6.07, 6.45) is 4.53. The SMILES string of the molecule is CCn1c(OC2CCCC2)nnc1[C@@H](C)NS(=O)(=O)c1ccc(Cl)cc1. The molecule has 0 saturated heterocycles. The molecule has 0 spiro atoms. The largest absolute Gasteiger partial charge is 0.460 e. The van der Waals surface area contributed by atoms with Gasteiger partial charge in [0.1, 0.15) is 6.10 Å². The van der Waals surface area contributed by atoms with Crippen molar-refractivity contribution in [1.29, 1.82) is 0 Å². The first-order valence-electron chi connectivity index (χ1n) is 8.78. The molecule has 1 aromatic carbocycles. The summed E-state index contributed by atoms with van der Waals surface area (Å²) in [5.74, 6) is 0.526. The lowest BCUT2D eigenvalue weighted by atomic mass is 10.3. The van der Waals surface area contributed by atoms with Crippen molar-refractivity contribution < 1.29 is 13.2 Å². The van der Waals surface area contributed by atoms with Crippen LogP contribution in [0.4, 0.5) is 0 Å². The molecule has 1 aliphatic carbocycles. The third kappa shape index (κ3) is 4.19. The molecule has 1 fully saturated rings. The summed E-state index contributed by atoms with van der Waals surface area (Å²) < 4.78 is 35.5. The molecule has 142 valence electrons. The third-order valence-electron chi connectivity index (χ3n) is 4.48. The molecule has 0 bridgehead atoms. The van der Waals surface area contributed by atoms with Gasteiger partial charge in [-0.25, -0.2) is 13.1 Å². The lowest BCUT2D eigenvalue weighted by Crippen LogP contribution is -2.29. The molecule has 1 saturated carbocycles. The van der Waals surface area contributed by atoms with Crippen LogP contribution in [0.3, 0.4) is 0 Å². The Kier molecular flexibility index (Phi) is 5.84. The van der Waals surface area contributed by atoms with Gasteiger partial charge in [-0.15, -0.1) is 5.10 Å². The zero-order valence-electron chi connectivity index (χ0n) is 14.9. The molecule has 1 aromatic heterocycles. The van der Waals surface area contributed by atoms with Crippen LogP contribution in [0.5, 0.6) is 6.01 Å². The van der Waals surface area contributed by atoms with Crippen molar-refractivity contribution in [2.75, 3.05) is 0 Å². The predicted molar refractivity (Wildman–Crippen MR) is 98.8 cm³/mol. The van der Waals surface area contributed by atoms with Gasteiger partial charge in [0, 0.05) is 11.6 Å². The minimum absolute atomic E-state index is 0.152. The molecule has 0 radical (unpaired) electrons. The molecule has 9 heteroatoms. The van der Waals surface area contributed by atoms with E-state index in [2.05, 4.69) is 14.9 Å². The monoisotopic (exact) mass is 398 g/mol. The summed E-state index contributed by atoms with van der Waals surface area (Å²) in [5.41, 5.74) is 0. The van der Waals surface area contributed by atoms with Gasteiger partial charge in [-0.3, -0.25) is 4.57 Å². The molecule has 1 heterocycles. The Hall–Kier alpha value is -1.64. The number of ether oxygens (including phenoxy) is 1. The number of benzene rings is 1. The van der Waals surface area contributed by atoms with Crippen LogP contribution in [-0.4, -0.2) is 29.3 Å². The fraction of sp³-hybridized carbons (Fsp3) is 0.529. The van der Waals surface area contributed by atoms with E-state index in [9.17, 15) is 8.42 Å². The van der Waals surface area contributed by atoms with Gasteiger partial charge in [-0.1, -0.05) is 16.7 Å². The Labute approximate surface area is 158 Å². The van der Waals surface area contributed by atoms with Crippen LogP contribution in [0.2, 0.25) is 5.02 Å². The number of halogens is 1. The zero-order chi connectivity index (χ0) is 18.7. The molecule has 26 heavy (non-hydrogen) atoms. The van der Waals surface area contributed by atoms with Gasteiger partial charge in [0.05, 0.1) is 10.9 Å². The van der Waals surface area contributed by atoms with Crippen molar-refractivity contribution in [3.8, 4) is 6.01 Å². The van der Waals surface area contributed by atoms with Crippen LogP contribution in [0.1, 0.15) is 51.4 Å². The van der Waals surface area contributed by atoms with E-state index in [1.807, 2.05) is 11.5 Å². The fourth-order valence-corrected chi connectivity index (χ4v) is 4.45. The van der Waals surface area contributed by atoms with E-state index in [0.29, 0.717) is 23.4 Å². The van der Waals surface area contributed by atoms with E-state index in [1.54, 1.807) is 19.1 Å². The quantitative estimate of drug-likeness (QED) is 0.773. The number of rotatable bonds is 7. The summed E-state index contributed by atoms with van der Waals surface area (Å²) in [6.45, 7) is 4.29. The number of hydrogen-bond donors (Lipinski definition) is 1. The zero-order valence-corrected chi connectivity index (χ0v) is 16.4. The van der Waals surface area contributed by atoms with Gasteiger partial charge in [0.15, 0.2) is 5.82 Å². The first-order chi connectivity index (χ1) is 12.4. The molecular formula is C17H23ClN4O3S. The highest BCUT2D eigenvalue weighted by Gasteiger charge is 2.25. The molecule has 3 rings (SSSR count). The summed E-state index contributed by atoms with van der Waals surface area (Å²) in [7, 11) is -3.69. The van der Waals surface area contributed by atoms with Crippen LogP contribution in [-0.2, 0) is 16.6 Å². The van der Waals surface area contributed by atoms with Crippen LogP contribution in [0.15, 0.2) is 29.2 Å². The molecule has 0 aliphatic heterocycles. The lowest BCUT2D eigenvalue weighted by Gasteiger charge is -2.17. The van der Waals surface area contributed by atoms with Gasteiger partial charge in [0.25, 0.3) is 0 Å². The summed E-state index contributed by atoms with van der Waals surface area (Å²) in [6, 6.07) is 5.93. The smallest absolute Gasteiger partial charge is 0.317 e. The van der Waals surface area contributed by atoms with Crippen molar-refractivity contribution in [3.63, 3.8) is 0 Å². The second-order valence-electron chi connectivity index (χ2n) is 6.41. The number of aromatic nitrogens is 3. The topological polar surface area (TPSA) is 86.1 Å². The highest BCUT2D eigenvalue weighted by atomic mass is 35.5. The average Bonchev–Trinajstić information content (AvgIpc) is 3.24. The van der Waals surface area contributed by atoms with Crippen molar-refractivity contribution in [2.45, 2.75) is 63.1 Å². The van der Waals surface area contributed by atoms with E-state index < -0.39 is 16.1 Å². The minimum Gasteiger partial charge on any atom is -0.460 e.